The molecule has 5 rings (SSSR count). The minimum Gasteiger partial charge on any atom is -0.425 e. The molecule has 0 saturated carbocycles. The third kappa shape index (κ3) is 7.33. The number of nitrogens with one attached hydrogen (secondary N) is 1. The summed E-state index contributed by atoms with van der Waals surface area (Å²) >= 11 is 0. The van der Waals surface area contributed by atoms with Crippen molar-refractivity contribution in [2.75, 3.05) is 16.8 Å². The van der Waals surface area contributed by atoms with Crippen molar-refractivity contribution in [3.05, 3.63) is 107 Å². The minimum absolute atomic E-state index is 0. The summed E-state index contributed by atoms with van der Waals surface area (Å²) in [6.45, 7) is 6.87. The van der Waals surface area contributed by atoms with E-state index < -0.39 is 12.0 Å². The van der Waals surface area contributed by atoms with E-state index in [1.165, 1.54) is 12.1 Å². The predicted molar refractivity (Wildman–Crippen MR) is 165 cm³/mol. The first-order valence-electron chi connectivity index (χ1n) is 13.1. The lowest BCUT2D eigenvalue weighted by molar-refractivity contribution is -0.135. The van der Waals surface area contributed by atoms with E-state index >= 15 is 0 Å². The molecule has 1 unspecified atom stereocenters. The Morgan fingerprint density at radius 1 is 1.07 bits per heavy atom. The Balaban J connectivity index is 0.00000231. The number of hydrogen-bond acceptors (Lipinski definition) is 7. The Hall–Kier alpha value is -3.72. The van der Waals surface area contributed by atoms with Gasteiger partial charge in [-0.15, -0.1) is 24.8 Å². The second-order valence-electron chi connectivity index (χ2n) is 9.91. The normalized spacial score (nSPS) is 14.7. The molecular formula is C31H34Cl2FN5O2. The maximum Gasteiger partial charge on any atom is 0.328 e. The summed E-state index contributed by atoms with van der Waals surface area (Å²) in [6, 6.07) is 20.9. The lowest BCUT2D eigenvalue weighted by atomic mass is 9.93. The topological polar surface area (TPSA) is 93.4 Å². The summed E-state index contributed by atoms with van der Waals surface area (Å²) in [6.07, 6.45) is 1.19. The van der Waals surface area contributed by atoms with Gasteiger partial charge < -0.3 is 20.7 Å². The lowest BCUT2D eigenvalue weighted by Gasteiger charge is -2.37. The Morgan fingerprint density at radius 2 is 1.78 bits per heavy atom. The molecule has 1 aromatic heterocycles. The molecule has 2 atom stereocenters. The summed E-state index contributed by atoms with van der Waals surface area (Å²) in [4.78, 5) is 24.3. The van der Waals surface area contributed by atoms with Gasteiger partial charge in [0.05, 0.1) is 6.04 Å². The number of aryl methyl sites for hydroxylation is 1. The quantitative estimate of drug-likeness (QED) is 0.187. The Labute approximate surface area is 252 Å². The number of hydrogen-bond donors (Lipinski definition) is 2. The minimum atomic E-state index is -0.737. The highest BCUT2D eigenvalue weighted by molar-refractivity contribution is 5.85. The molecule has 41 heavy (non-hydrogen) atoms. The first-order valence-corrected chi connectivity index (χ1v) is 13.1. The van der Waals surface area contributed by atoms with Gasteiger partial charge in [-0.05, 0) is 86.7 Å². The molecule has 0 aliphatic carbocycles. The fourth-order valence-corrected chi connectivity index (χ4v) is 4.92. The summed E-state index contributed by atoms with van der Waals surface area (Å²) in [5.41, 5.74) is 12.0. The molecule has 0 bridgehead atoms. The van der Waals surface area contributed by atoms with Gasteiger partial charge in [0.15, 0.2) is 0 Å². The maximum atomic E-state index is 13.3. The van der Waals surface area contributed by atoms with Gasteiger partial charge in [-0.2, -0.15) is 4.98 Å². The van der Waals surface area contributed by atoms with Crippen LogP contribution in [0.25, 0.3) is 0 Å². The van der Waals surface area contributed by atoms with Gasteiger partial charge in [0.25, 0.3) is 0 Å². The number of rotatable bonds is 7. The van der Waals surface area contributed by atoms with Crippen LogP contribution in [0, 0.1) is 19.7 Å². The van der Waals surface area contributed by atoms with E-state index in [0.717, 1.165) is 46.7 Å². The molecule has 7 nitrogen and oxygen atoms in total. The van der Waals surface area contributed by atoms with Crippen LogP contribution in [0.2, 0.25) is 0 Å². The highest BCUT2D eigenvalue weighted by Gasteiger charge is 2.28. The van der Waals surface area contributed by atoms with Crippen LogP contribution in [0.3, 0.4) is 0 Å². The van der Waals surface area contributed by atoms with Crippen molar-refractivity contribution >= 4 is 48.2 Å². The van der Waals surface area contributed by atoms with Gasteiger partial charge in [-0.25, -0.2) is 14.2 Å². The summed E-state index contributed by atoms with van der Waals surface area (Å²) in [7, 11) is 0. The van der Waals surface area contributed by atoms with E-state index in [4.69, 9.17) is 15.5 Å². The average molecular weight is 599 g/mol. The molecule has 1 aliphatic rings. The van der Waals surface area contributed by atoms with Crippen LogP contribution >= 0.6 is 24.8 Å². The largest absolute Gasteiger partial charge is 0.425 e. The molecular weight excluding hydrogens is 564 g/mol. The van der Waals surface area contributed by atoms with Crippen molar-refractivity contribution in [3.63, 3.8) is 0 Å². The molecule has 0 radical (unpaired) electrons. The van der Waals surface area contributed by atoms with E-state index in [1.54, 1.807) is 12.1 Å². The second kappa shape index (κ2) is 13.8. The van der Waals surface area contributed by atoms with Crippen LogP contribution in [0.4, 0.5) is 21.8 Å². The van der Waals surface area contributed by atoms with E-state index in [2.05, 4.69) is 22.1 Å². The number of carbonyl (C=O) groups is 1. The number of fused-ring (bicyclic) bond motifs is 1. The number of nitrogens with two attached hydrogens (primary N) is 1. The summed E-state index contributed by atoms with van der Waals surface area (Å²) < 4.78 is 19.0. The Kier molecular flexibility index (Phi) is 10.7. The molecule has 0 amide bonds. The van der Waals surface area contributed by atoms with Crippen LogP contribution < -0.4 is 20.7 Å². The number of esters is 1. The monoisotopic (exact) mass is 597 g/mol. The third-order valence-corrected chi connectivity index (χ3v) is 7.21. The Morgan fingerprint density at radius 3 is 2.49 bits per heavy atom. The smallest absolute Gasteiger partial charge is 0.328 e. The van der Waals surface area contributed by atoms with Gasteiger partial charge in [0.2, 0.25) is 5.95 Å². The molecule has 0 fully saturated rings. The molecule has 216 valence electrons. The third-order valence-electron chi connectivity index (χ3n) is 7.21. The predicted octanol–water partition coefficient (Wildman–Crippen LogP) is 6.42. The van der Waals surface area contributed by atoms with E-state index in [9.17, 15) is 9.18 Å². The Bertz CT molecular complexity index is 1490. The van der Waals surface area contributed by atoms with Crippen molar-refractivity contribution < 1.29 is 13.9 Å². The molecule has 2 heterocycles. The van der Waals surface area contributed by atoms with Crippen LogP contribution in [0.15, 0.2) is 72.8 Å². The zero-order valence-electron chi connectivity index (χ0n) is 23.1. The maximum absolute atomic E-state index is 13.3. The van der Waals surface area contributed by atoms with E-state index in [-0.39, 0.29) is 36.7 Å². The van der Waals surface area contributed by atoms with Gasteiger partial charge >= 0.3 is 5.97 Å². The number of ether oxygens (including phenoxy) is 1. The number of anilines is 3. The van der Waals surface area contributed by atoms with E-state index in [0.29, 0.717) is 23.8 Å². The fourth-order valence-electron chi connectivity index (χ4n) is 4.92. The summed E-state index contributed by atoms with van der Waals surface area (Å²) in [5, 5.41) is 3.19. The lowest BCUT2D eigenvalue weighted by Crippen LogP contribution is -2.37. The van der Waals surface area contributed by atoms with Crippen LogP contribution in [0.5, 0.6) is 5.75 Å². The van der Waals surface area contributed by atoms with Gasteiger partial charge in [0, 0.05) is 23.5 Å². The molecule has 4 aromatic rings. The van der Waals surface area contributed by atoms with Crippen molar-refractivity contribution in [2.45, 2.75) is 45.7 Å². The number of nitrogens with zero attached hydrogens (tertiary/aromatic N) is 3. The van der Waals surface area contributed by atoms with Crippen molar-refractivity contribution in [2.24, 2.45) is 5.73 Å². The fraction of sp³-hybridized carbons (Fsp3) is 0.258. The van der Waals surface area contributed by atoms with Crippen LogP contribution in [0.1, 0.15) is 40.9 Å². The van der Waals surface area contributed by atoms with E-state index in [1.807, 2.05) is 62.4 Å². The number of aromatic nitrogens is 2. The van der Waals surface area contributed by atoms with Crippen molar-refractivity contribution in [3.8, 4) is 5.75 Å². The molecule has 10 heteroatoms. The van der Waals surface area contributed by atoms with Crippen molar-refractivity contribution in [1.29, 1.82) is 0 Å². The number of halogens is 3. The van der Waals surface area contributed by atoms with Crippen LogP contribution in [-0.2, 0) is 17.6 Å². The molecule has 0 saturated heterocycles. The molecule has 3 N–H and O–H groups in total. The van der Waals surface area contributed by atoms with Crippen molar-refractivity contribution in [1.82, 2.24) is 9.97 Å². The molecule has 3 aromatic carbocycles. The molecule has 1 aliphatic heterocycles. The van der Waals surface area contributed by atoms with Gasteiger partial charge in [-0.1, -0.05) is 36.4 Å². The van der Waals surface area contributed by atoms with Gasteiger partial charge in [-0.3, -0.25) is 0 Å². The highest BCUT2D eigenvalue weighted by atomic mass is 35.5. The van der Waals surface area contributed by atoms with Gasteiger partial charge in [0.1, 0.15) is 23.4 Å². The van der Waals surface area contributed by atoms with Crippen LogP contribution in [-0.4, -0.2) is 28.5 Å². The standard InChI is InChI=1S/C31H32FN5O2.2ClH/c1-19-20(2)34-31(35-25-11-9-24(32)10-12-25)36-29(19)37-16-15-23-18-26(13-14-27(23)21(37)3)39-30(38)28(33)17-22-7-5-4-6-8-22;;/h4-14,18,21,28H,15-17,33H2,1-3H3,(H,34,35,36);2*1H/t21?,28-;;/m0../s1. The first-order chi connectivity index (χ1) is 18.8. The first kappa shape index (κ1) is 31.8. The summed E-state index contributed by atoms with van der Waals surface area (Å²) in [5.74, 6) is 1.08. The highest BCUT2D eigenvalue weighted by Crippen LogP contribution is 2.36. The zero-order valence-corrected chi connectivity index (χ0v) is 24.8. The number of carbonyl (C=O) groups excluding carboxylic acids is 1. The SMILES string of the molecule is Cc1nc(Nc2ccc(F)cc2)nc(N2CCc3cc(OC(=O)[C@@H](N)Cc4ccccc4)ccc3C2C)c1C.Cl.Cl. The average Bonchev–Trinajstić information content (AvgIpc) is 2.93. The molecule has 0 spiro atoms. The zero-order chi connectivity index (χ0) is 27.5. The second-order valence-corrected chi connectivity index (χ2v) is 9.91. The number of benzene rings is 3.